The normalized spacial score (nSPS) is 10.1. The third-order valence-corrected chi connectivity index (χ3v) is 3.60. The molecule has 0 aliphatic carbocycles. The van der Waals surface area contributed by atoms with Gasteiger partial charge < -0.3 is 5.73 Å². The molecule has 3 aromatic rings. The average molecular weight is 316 g/mol. The van der Waals surface area contributed by atoms with E-state index in [4.69, 9.17) is 5.73 Å². The van der Waals surface area contributed by atoms with Crippen LogP contribution in [0.4, 0.5) is 11.5 Å². The quantitative estimate of drug-likeness (QED) is 0.584. The van der Waals surface area contributed by atoms with E-state index in [2.05, 4.69) is 11.1 Å². The van der Waals surface area contributed by atoms with E-state index in [-0.39, 0.29) is 17.1 Å². The zero-order valence-corrected chi connectivity index (χ0v) is 12.5. The van der Waals surface area contributed by atoms with Gasteiger partial charge in [-0.3, -0.25) is 10.1 Å². The lowest BCUT2D eigenvalue weighted by Gasteiger charge is -2.10. The van der Waals surface area contributed by atoms with E-state index < -0.39 is 4.92 Å². The molecule has 1 heterocycles. The zero-order chi connectivity index (χ0) is 17.1. The number of nitrogens with zero attached hydrogens (tertiary/aromatic N) is 3. The number of nitro benzene ring substituents is 1. The highest BCUT2D eigenvalue weighted by Gasteiger charge is 2.14. The van der Waals surface area contributed by atoms with Gasteiger partial charge in [0.15, 0.2) is 0 Å². The molecule has 0 spiro atoms. The van der Waals surface area contributed by atoms with Gasteiger partial charge in [-0.25, -0.2) is 4.98 Å². The van der Waals surface area contributed by atoms with E-state index in [1.165, 1.54) is 12.1 Å². The number of nitrogens with two attached hydrogens (primary N) is 1. The van der Waals surface area contributed by atoms with Gasteiger partial charge in [-0.05, 0) is 11.6 Å². The van der Waals surface area contributed by atoms with Crippen LogP contribution in [0.3, 0.4) is 0 Å². The molecule has 0 radical (unpaired) electrons. The number of benzene rings is 2. The Morgan fingerprint density at radius 3 is 2.42 bits per heavy atom. The van der Waals surface area contributed by atoms with Crippen LogP contribution in [0.1, 0.15) is 5.56 Å². The SMILES string of the molecule is N#Cc1c(-c2ccccc2)cc(-c2cccc([N+](=O)[O-])c2)nc1N. The van der Waals surface area contributed by atoms with Crippen LogP contribution in [-0.2, 0) is 0 Å². The molecule has 0 saturated heterocycles. The Morgan fingerprint density at radius 1 is 1.04 bits per heavy atom. The van der Waals surface area contributed by atoms with E-state index in [1.807, 2.05) is 30.3 Å². The van der Waals surface area contributed by atoms with Crippen molar-refractivity contribution in [2.45, 2.75) is 0 Å². The van der Waals surface area contributed by atoms with Gasteiger partial charge in [0.25, 0.3) is 5.69 Å². The van der Waals surface area contributed by atoms with Crippen LogP contribution < -0.4 is 5.73 Å². The zero-order valence-electron chi connectivity index (χ0n) is 12.5. The summed E-state index contributed by atoms with van der Waals surface area (Å²) in [7, 11) is 0. The number of nitrogen functional groups attached to an aromatic ring is 1. The molecule has 1 aromatic heterocycles. The molecule has 0 unspecified atom stereocenters. The van der Waals surface area contributed by atoms with Crippen LogP contribution in [-0.4, -0.2) is 9.91 Å². The average Bonchev–Trinajstić information content (AvgIpc) is 2.62. The van der Waals surface area contributed by atoms with Crippen LogP contribution in [0.15, 0.2) is 60.7 Å². The smallest absolute Gasteiger partial charge is 0.270 e. The predicted octanol–water partition coefficient (Wildman–Crippen LogP) is 3.78. The Balaban J connectivity index is 2.21. The van der Waals surface area contributed by atoms with Gasteiger partial charge in [0, 0.05) is 23.3 Å². The van der Waals surface area contributed by atoms with E-state index in [9.17, 15) is 15.4 Å². The highest BCUT2D eigenvalue weighted by molar-refractivity contribution is 5.80. The summed E-state index contributed by atoms with van der Waals surface area (Å²) < 4.78 is 0. The number of pyridine rings is 1. The summed E-state index contributed by atoms with van der Waals surface area (Å²) in [6.45, 7) is 0. The highest BCUT2D eigenvalue weighted by atomic mass is 16.6. The largest absolute Gasteiger partial charge is 0.383 e. The summed E-state index contributed by atoms with van der Waals surface area (Å²) in [6.07, 6.45) is 0. The first-order chi connectivity index (χ1) is 11.6. The first-order valence-electron chi connectivity index (χ1n) is 7.11. The van der Waals surface area contributed by atoms with Crippen molar-refractivity contribution in [1.82, 2.24) is 4.98 Å². The van der Waals surface area contributed by atoms with Gasteiger partial charge in [0.05, 0.1) is 10.6 Å². The van der Waals surface area contributed by atoms with Gasteiger partial charge >= 0.3 is 0 Å². The van der Waals surface area contributed by atoms with Crippen molar-refractivity contribution in [3.8, 4) is 28.5 Å². The summed E-state index contributed by atoms with van der Waals surface area (Å²) >= 11 is 0. The fourth-order valence-corrected chi connectivity index (χ4v) is 2.45. The Morgan fingerprint density at radius 2 is 1.75 bits per heavy atom. The second kappa shape index (κ2) is 6.18. The molecule has 116 valence electrons. The maximum atomic E-state index is 11.0. The minimum atomic E-state index is -0.464. The third-order valence-electron chi connectivity index (χ3n) is 3.60. The minimum absolute atomic E-state index is 0.0292. The molecule has 2 N–H and O–H groups in total. The first kappa shape index (κ1) is 15.2. The maximum Gasteiger partial charge on any atom is 0.270 e. The van der Waals surface area contributed by atoms with Crippen LogP contribution in [0.2, 0.25) is 0 Å². The molecule has 6 nitrogen and oxygen atoms in total. The lowest BCUT2D eigenvalue weighted by atomic mass is 9.98. The standard InChI is InChI=1S/C18H12N4O2/c19-11-16-15(12-5-2-1-3-6-12)10-17(21-18(16)20)13-7-4-8-14(9-13)22(23)24/h1-10H,(H2,20,21). The number of anilines is 1. The molecular formula is C18H12N4O2. The lowest BCUT2D eigenvalue weighted by Crippen LogP contribution is -2.00. The van der Waals surface area contributed by atoms with Gasteiger partial charge in [-0.2, -0.15) is 5.26 Å². The molecule has 2 aromatic carbocycles. The summed E-state index contributed by atoms with van der Waals surface area (Å²) in [5, 5.41) is 20.3. The Bertz CT molecular complexity index is 962. The third kappa shape index (κ3) is 2.78. The fourth-order valence-electron chi connectivity index (χ4n) is 2.45. The van der Waals surface area contributed by atoms with E-state index in [0.717, 1.165) is 5.56 Å². The van der Waals surface area contributed by atoms with Crippen molar-refractivity contribution in [3.05, 3.63) is 76.3 Å². The van der Waals surface area contributed by atoms with Gasteiger partial charge in [-0.15, -0.1) is 0 Å². The molecular weight excluding hydrogens is 304 g/mol. The molecule has 0 aliphatic heterocycles. The van der Waals surface area contributed by atoms with E-state index in [1.54, 1.807) is 18.2 Å². The van der Waals surface area contributed by atoms with Crippen molar-refractivity contribution in [1.29, 1.82) is 5.26 Å². The Labute approximate surface area is 138 Å². The Kier molecular flexibility index (Phi) is 3.91. The molecule has 0 atom stereocenters. The van der Waals surface area contributed by atoms with Gasteiger partial charge in [0.2, 0.25) is 0 Å². The van der Waals surface area contributed by atoms with E-state index in [0.29, 0.717) is 16.8 Å². The maximum absolute atomic E-state index is 11.0. The summed E-state index contributed by atoms with van der Waals surface area (Å²) in [4.78, 5) is 14.7. The fraction of sp³-hybridized carbons (Fsp3) is 0. The predicted molar refractivity (Wildman–Crippen MR) is 90.9 cm³/mol. The van der Waals surface area contributed by atoms with Crippen LogP contribution in [0, 0.1) is 21.4 Å². The summed E-state index contributed by atoms with van der Waals surface area (Å²) in [6, 6.07) is 19.3. The number of rotatable bonds is 3. The lowest BCUT2D eigenvalue weighted by molar-refractivity contribution is -0.384. The van der Waals surface area contributed by atoms with Crippen molar-refractivity contribution < 1.29 is 4.92 Å². The molecule has 6 heteroatoms. The topological polar surface area (TPSA) is 106 Å². The van der Waals surface area contributed by atoms with Gasteiger partial charge in [-0.1, -0.05) is 42.5 Å². The second-order valence-electron chi connectivity index (χ2n) is 5.10. The summed E-state index contributed by atoms with van der Waals surface area (Å²) in [5.41, 5.74) is 8.72. The second-order valence-corrected chi connectivity index (χ2v) is 5.10. The molecule has 0 saturated carbocycles. The Hall–Kier alpha value is -3.72. The summed E-state index contributed by atoms with van der Waals surface area (Å²) in [5.74, 6) is 0.0976. The van der Waals surface area contributed by atoms with E-state index >= 15 is 0 Å². The van der Waals surface area contributed by atoms with Crippen LogP contribution >= 0.6 is 0 Å². The molecule has 0 bridgehead atoms. The molecule has 24 heavy (non-hydrogen) atoms. The van der Waals surface area contributed by atoms with Crippen molar-refractivity contribution >= 4 is 11.5 Å². The number of nitro groups is 1. The number of non-ortho nitro benzene ring substituents is 1. The van der Waals surface area contributed by atoms with Gasteiger partial charge in [0.1, 0.15) is 17.5 Å². The van der Waals surface area contributed by atoms with Crippen molar-refractivity contribution in [2.24, 2.45) is 0 Å². The number of nitriles is 1. The molecule has 0 aliphatic rings. The van der Waals surface area contributed by atoms with Crippen molar-refractivity contribution in [2.75, 3.05) is 5.73 Å². The number of hydrogen-bond acceptors (Lipinski definition) is 5. The molecule has 0 fully saturated rings. The first-order valence-corrected chi connectivity index (χ1v) is 7.11. The molecule has 3 rings (SSSR count). The van der Waals surface area contributed by atoms with Crippen LogP contribution in [0.25, 0.3) is 22.4 Å². The number of hydrogen-bond donors (Lipinski definition) is 1. The van der Waals surface area contributed by atoms with Crippen molar-refractivity contribution in [3.63, 3.8) is 0 Å². The monoisotopic (exact) mass is 316 g/mol. The minimum Gasteiger partial charge on any atom is -0.383 e. The molecule has 0 amide bonds. The number of aromatic nitrogens is 1. The highest BCUT2D eigenvalue weighted by Crippen LogP contribution is 2.32. The van der Waals surface area contributed by atoms with Crippen LogP contribution in [0.5, 0.6) is 0 Å².